The smallest absolute Gasteiger partial charge is 0.274 e. The molecule has 2 unspecified atom stereocenters. The van der Waals surface area contributed by atoms with Gasteiger partial charge in [0.05, 0.1) is 12.0 Å². The molecule has 19 heavy (non-hydrogen) atoms. The van der Waals surface area contributed by atoms with Gasteiger partial charge in [-0.3, -0.25) is 9.59 Å². The number of hydrogen-bond donors (Lipinski definition) is 1. The second-order valence-corrected chi connectivity index (χ2v) is 5.19. The molecule has 0 bridgehead atoms. The predicted octanol–water partition coefficient (Wildman–Crippen LogP) is 0.481. The van der Waals surface area contributed by atoms with Crippen molar-refractivity contribution in [3.05, 3.63) is 23.0 Å². The zero-order valence-corrected chi connectivity index (χ0v) is 10.9. The summed E-state index contributed by atoms with van der Waals surface area (Å²) in [4.78, 5) is 25.8. The highest BCUT2D eigenvalue weighted by Crippen LogP contribution is 2.28. The number of aromatic nitrogens is 2. The van der Waals surface area contributed by atoms with E-state index in [9.17, 15) is 9.59 Å². The summed E-state index contributed by atoms with van der Waals surface area (Å²) in [6.45, 7) is 1.18. The van der Waals surface area contributed by atoms with Gasteiger partial charge in [0, 0.05) is 13.1 Å². The number of amides is 2. The molecule has 2 amide bonds. The minimum atomic E-state index is -0.185. The Labute approximate surface area is 115 Å². The number of nitrogens with zero attached hydrogens (tertiary/aromatic N) is 3. The van der Waals surface area contributed by atoms with Crippen molar-refractivity contribution in [2.45, 2.75) is 18.9 Å². The Morgan fingerprint density at radius 1 is 1.42 bits per heavy atom. The molecule has 2 saturated heterocycles. The van der Waals surface area contributed by atoms with Crippen molar-refractivity contribution in [2.24, 2.45) is 5.92 Å². The second-order valence-electron chi connectivity index (χ2n) is 4.80. The van der Waals surface area contributed by atoms with Crippen LogP contribution in [0.2, 0.25) is 5.15 Å². The highest BCUT2D eigenvalue weighted by Gasteiger charge is 2.42. The normalized spacial score (nSPS) is 25.9. The highest BCUT2D eigenvalue weighted by atomic mass is 35.5. The van der Waals surface area contributed by atoms with E-state index >= 15 is 0 Å². The van der Waals surface area contributed by atoms with Gasteiger partial charge in [0.1, 0.15) is 0 Å². The molecule has 3 heterocycles. The number of fused-ring (bicyclic) bond motifs is 1. The zero-order chi connectivity index (χ0) is 13.4. The van der Waals surface area contributed by atoms with Crippen LogP contribution < -0.4 is 5.32 Å². The topological polar surface area (TPSA) is 75.2 Å². The van der Waals surface area contributed by atoms with Crippen LogP contribution >= 0.6 is 11.6 Å². The number of piperidine rings is 1. The molecule has 6 nitrogen and oxygen atoms in total. The number of rotatable bonds is 1. The molecule has 0 radical (unpaired) electrons. The number of carbonyl (C=O) groups is 2. The summed E-state index contributed by atoms with van der Waals surface area (Å²) < 4.78 is 0. The Morgan fingerprint density at radius 2 is 2.26 bits per heavy atom. The molecule has 3 rings (SSSR count). The van der Waals surface area contributed by atoms with Crippen LogP contribution in [0.4, 0.5) is 0 Å². The Bertz CT molecular complexity index is 519. The fourth-order valence-electron chi connectivity index (χ4n) is 2.78. The molecular formula is C12H13ClN4O2. The van der Waals surface area contributed by atoms with E-state index in [1.165, 1.54) is 0 Å². The van der Waals surface area contributed by atoms with Gasteiger partial charge in [0.25, 0.3) is 5.91 Å². The second kappa shape index (κ2) is 4.77. The third-order valence-electron chi connectivity index (χ3n) is 3.71. The molecule has 100 valence electrons. The van der Waals surface area contributed by atoms with Crippen LogP contribution in [0.1, 0.15) is 23.3 Å². The van der Waals surface area contributed by atoms with E-state index in [4.69, 9.17) is 11.6 Å². The van der Waals surface area contributed by atoms with Crippen LogP contribution in [0.15, 0.2) is 12.1 Å². The number of nitrogens with one attached hydrogen (secondary N) is 1. The lowest BCUT2D eigenvalue weighted by Crippen LogP contribution is -2.49. The third-order valence-corrected chi connectivity index (χ3v) is 3.91. The molecule has 2 fully saturated rings. The first-order chi connectivity index (χ1) is 9.16. The summed E-state index contributed by atoms with van der Waals surface area (Å²) in [6.07, 6.45) is 1.67. The fraction of sp³-hybridized carbons (Fsp3) is 0.500. The number of likely N-dealkylation sites (tertiary alicyclic amines) is 1. The van der Waals surface area contributed by atoms with E-state index in [1.807, 2.05) is 0 Å². The van der Waals surface area contributed by atoms with Crippen LogP contribution in [-0.2, 0) is 4.79 Å². The van der Waals surface area contributed by atoms with Crippen molar-refractivity contribution >= 4 is 23.4 Å². The van der Waals surface area contributed by atoms with Crippen LogP contribution in [0.5, 0.6) is 0 Å². The maximum Gasteiger partial charge on any atom is 0.274 e. The van der Waals surface area contributed by atoms with Gasteiger partial charge >= 0.3 is 0 Å². The lowest BCUT2D eigenvalue weighted by Gasteiger charge is -2.35. The van der Waals surface area contributed by atoms with Crippen LogP contribution in [0.25, 0.3) is 0 Å². The first kappa shape index (κ1) is 12.3. The molecule has 0 aromatic carbocycles. The standard InChI is InChI=1S/C12H13ClN4O2/c13-10-4-3-8(15-16-10)12(19)17-5-1-2-7-9(17)6-14-11(7)18/h3-4,7,9H,1-2,5-6H2,(H,14,18). The fourth-order valence-corrected chi connectivity index (χ4v) is 2.88. The van der Waals surface area contributed by atoms with Crippen LogP contribution in [0, 0.1) is 5.92 Å². The lowest BCUT2D eigenvalue weighted by atomic mass is 9.91. The Hall–Kier alpha value is -1.69. The molecule has 0 aliphatic carbocycles. The van der Waals surface area contributed by atoms with Gasteiger partial charge in [0.2, 0.25) is 5.91 Å². The van der Waals surface area contributed by atoms with Gasteiger partial charge in [-0.25, -0.2) is 0 Å². The van der Waals surface area contributed by atoms with Gasteiger partial charge in [0.15, 0.2) is 10.8 Å². The first-order valence-corrected chi connectivity index (χ1v) is 6.62. The maximum absolute atomic E-state index is 12.4. The van der Waals surface area contributed by atoms with Crippen molar-refractivity contribution in [1.82, 2.24) is 20.4 Å². The molecule has 2 atom stereocenters. The van der Waals surface area contributed by atoms with E-state index in [0.29, 0.717) is 13.1 Å². The zero-order valence-electron chi connectivity index (χ0n) is 10.2. The Kier molecular flexibility index (Phi) is 3.10. The highest BCUT2D eigenvalue weighted by molar-refractivity contribution is 6.29. The van der Waals surface area contributed by atoms with Crippen molar-refractivity contribution in [2.75, 3.05) is 13.1 Å². The molecule has 2 aliphatic rings. The lowest BCUT2D eigenvalue weighted by molar-refractivity contribution is -0.123. The molecule has 2 aliphatic heterocycles. The van der Waals surface area contributed by atoms with E-state index in [0.717, 1.165) is 12.8 Å². The van der Waals surface area contributed by atoms with Gasteiger partial charge in [-0.1, -0.05) is 11.6 Å². The van der Waals surface area contributed by atoms with Crippen molar-refractivity contribution < 1.29 is 9.59 Å². The SMILES string of the molecule is O=C1NCC2C1CCCN2C(=O)c1ccc(Cl)nn1. The monoisotopic (exact) mass is 280 g/mol. The summed E-state index contributed by atoms with van der Waals surface area (Å²) in [6, 6.07) is 3.04. The molecule has 0 saturated carbocycles. The minimum Gasteiger partial charge on any atom is -0.354 e. The summed E-state index contributed by atoms with van der Waals surface area (Å²) in [7, 11) is 0. The summed E-state index contributed by atoms with van der Waals surface area (Å²) in [5.74, 6) is -0.224. The average molecular weight is 281 g/mol. The number of carbonyl (C=O) groups excluding carboxylic acids is 2. The maximum atomic E-state index is 12.4. The van der Waals surface area contributed by atoms with E-state index in [1.54, 1.807) is 17.0 Å². The quantitative estimate of drug-likeness (QED) is 0.812. The van der Waals surface area contributed by atoms with Gasteiger partial charge in [-0.05, 0) is 25.0 Å². The van der Waals surface area contributed by atoms with E-state index < -0.39 is 0 Å². The summed E-state index contributed by atoms with van der Waals surface area (Å²) in [5.41, 5.74) is 0.268. The molecule has 1 N–H and O–H groups in total. The largest absolute Gasteiger partial charge is 0.354 e. The number of halogens is 1. The minimum absolute atomic E-state index is 0.0460. The van der Waals surface area contributed by atoms with Gasteiger partial charge < -0.3 is 10.2 Å². The molecule has 1 aromatic rings. The van der Waals surface area contributed by atoms with Crippen LogP contribution in [-0.4, -0.2) is 46.0 Å². The summed E-state index contributed by atoms with van der Waals surface area (Å²) >= 11 is 5.66. The van der Waals surface area contributed by atoms with Crippen molar-refractivity contribution in [1.29, 1.82) is 0 Å². The Morgan fingerprint density at radius 3 is 3.00 bits per heavy atom. The van der Waals surface area contributed by atoms with Crippen molar-refractivity contribution in [3.63, 3.8) is 0 Å². The first-order valence-electron chi connectivity index (χ1n) is 6.25. The van der Waals surface area contributed by atoms with Gasteiger partial charge in [-0.15, -0.1) is 10.2 Å². The van der Waals surface area contributed by atoms with Crippen LogP contribution in [0.3, 0.4) is 0 Å². The third kappa shape index (κ3) is 2.16. The predicted molar refractivity (Wildman–Crippen MR) is 67.6 cm³/mol. The average Bonchev–Trinajstić information content (AvgIpc) is 2.81. The Balaban J connectivity index is 1.83. The van der Waals surface area contributed by atoms with E-state index in [-0.39, 0.29) is 34.6 Å². The van der Waals surface area contributed by atoms with E-state index in [2.05, 4.69) is 15.5 Å². The summed E-state index contributed by atoms with van der Waals surface area (Å²) in [5, 5.41) is 10.6. The van der Waals surface area contributed by atoms with Crippen molar-refractivity contribution in [3.8, 4) is 0 Å². The molecule has 7 heteroatoms. The van der Waals surface area contributed by atoms with Gasteiger partial charge in [-0.2, -0.15) is 0 Å². The molecule has 0 spiro atoms. The number of hydrogen-bond acceptors (Lipinski definition) is 4. The molecular weight excluding hydrogens is 268 g/mol. The molecule has 1 aromatic heterocycles.